The van der Waals surface area contributed by atoms with Crippen molar-refractivity contribution in [2.45, 2.75) is 0 Å². The van der Waals surface area contributed by atoms with Gasteiger partial charge in [-0.2, -0.15) is 0 Å². The number of methoxy groups -OCH3 is 1. The molecule has 8 heteroatoms. The van der Waals surface area contributed by atoms with Crippen LogP contribution in [0.4, 0.5) is 5.69 Å². The van der Waals surface area contributed by atoms with Crippen molar-refractivity contribution in [1.29, 1.82) is 0 Å². The van der Waals surface area contributed by atoms with E-state index in [0.717, 1.165) is 5.39 Å². The average Bonchev–Trinajstić information content (AvgIpc) is 2.89. The number of benzene rings is 1. The lowest BCUT2D eigenvalue weighted by atomic mass is 10.2. The standard InChI is InChI=1S/C14H9Cl2N3O3/c1-22-10-4-8-2-3-18(14(8)17-7-10)13-11(15)5-9(19(20)21)6-12(13)16/h2-7H,1H3. The number of hydrogen-bond donors (Lipinski definition) is 0. The van der Waals surface area contributed by atoms with Crippen molar-refractivity contribution < 1.29 is 9.66 Å². The van der Waals surface area contributed by atoms with Gasteiger partial charge in [-0.3, -0.25) is 14.7 Å². The highest BCUT2D eigenvalue weighted by atomic mass is 35.5. The second-order valence-electron chi connectivity index (χ2n) is 4.49. The fourth-order valence-corrected chi connectivity index (χ4v) is 2.84. The molecule has 0 saturated carbocycles. The van der Waals surface area contributed by atoms with Crippen molar-refractivity contribution in [1.82, 2.24) is 9.55 Å². The van der Waals surface area contributed by atoms with E-state index in [4.69, 9.17) is 27.9 Å². The summed E-state index contributed by atoms with van der Waals surface area (Å²) in [5.41, 5.74) is 0.907. The molecular formula is C14H9Cl2N3O3. The minimum absolute atomic E-state index is 0.162. The van der Waals surface area contributed by atoms with Gasteiger partial charge in [-0.25, -0.2) is 4.98 Å². The molecule has 6 nitrogen and oxygen atoms in total. The first-order valence-corrected chi connectivity index (χ1v) is 6.91. The minimum Gasteiger partial charge on any atom is -0.495 e. The number of nitrogens with zero attached hydrogens (tertiary/aromatic N) is 3. The molecule has 0 atom stereocenters. The molecule has 0 aliphatic heterocycles. The van der Waals surface area contributed by atoms with Crippen molar-refractivity contribution in [3.63, 3.8) is 0 Å². The summed E-state index contributed by atoms with van der Waals surface area (Å²) in [5, 5.41) is 12.0. The average molecular weight is 338 g/mol. The van der Waals surface area contributed by atoms with E-state index in [1.807, 2.05) is 12.1 Å². The number of halogens is 2. The van der Waals surface area contributed by atoms with Gasteiger partial charge in [0.1, 0.15) is 11.4 Å². The molecule has 0 aliphatic carbocycles. The summed E-state index contributed by atoms with van der Waals surface area (Å²) in [5.74, 6) is 0.631. The number of ether oxygens (including phenoxy) is 1. The molecule has 3 aromatic rings. The van der Waals surface area contributed by atoms with Crippen LogP contribution in [0.3, 0.4) is 0 Å². The van der Waals surface area contributed by atoms with Crippen LogP contribution in [0.15, 0.2) is 36.7 Å². The molecule has 0 aliphatic rings. The molecule has 22 heavy (non-hydrogen) atoms. The summed E-state index contributed by atoms with van der Waals surface area (Å²) in [7, 11) is 1.56. The SMILES string of the molecule is COc1cnc2c(ccn2-c2c(Cl)cc([N+](=O)[O-])cc2Cl)c1. The lowest BCUT2D eigenvalue weighted by Gasteiger charge is -2.10. The van der Waals surface area contributed by atoms with Gasteiger partial charge in [0, 0.05) is 23.7 Å². The predicted octanol–water partition coefficient (Wildman–Crippen LogP) is 4.25. The van der Waals surface area contributed by atoms with Crippen LogP contribution in [-0.2, 0) is 0 Å². The van der Waals surface area contributed by atoms with E-state index in [9.17, 15) is 10.1 Å². The quantitative estimate of drug-likeness (QED) is 0.529. The Morgan fingerprint density at radius 2 is 1.95 bits per heavy atom. The molecule has 112 valence electrons. The molecule has 3 rings (SSSR count). The molecule has 0 N–H and O–H groups in total. The van der Waals surface area contributed by atoms with Crippen LogP contribution in [0.1, 0.15) is 0 Å². The third-order valence-corrected chi connectivity index (χ3v) is 3.77. The molecule has 0 radical (unpaired) electrons. The maximum Gasteiger partial charge on any atom is 0.272 e. The van der Waals surface area contributed by atoms with Gasteiger partial charge in [0.25, 0.3) is 5.69 Å². The summed E-state index contributed by atoms with van der Waals surface area (Å²) < 4.78 is 6.81. The molecule has 1 aromatic carbocycles. The summed E-state index contributed by atoms with van der Waals surface area (Å²) in [6, 6.07) is 6.18. The van der Waals surface area contributed by atoms with Gasteiger partial charge in [0.15, 0.2) is 0 Å². The van der Waals surface area contributed by atoms with E-state index in [1.165, 1.54) is 12.1 Å². The van der Waals surface area contributed by atoms with E-state index >= 15 is 0 Å². The number of nitro groups is 1. The molecule has 2 heterocycles. The smallest absolute Gasteiger partial charge is 0.272 e. The summed E-state index contributed by atoms with van der Waals surface area (Å²) in [6.45, 7) is 0. The zero-order chi connectivity index (χ0) is 15.9. The van der Waals surface area contributed by atoms with E-state index in [0.29, 0.717) is 17.1 Å². The van der Waals surface area contributed by atoms with Crippen molar-refractivity contribution >= 4 is 39.9 Å². The van der Waals surface area contributed by atoms with Gasteiger partial charge < -0.3 is 4.74 Å². The van der Waals surface area contributed by atoms with Gasteiger partial charge >= 0.3 is 0 Å². The molecule has 0 unspecified atom stereocenters. The zero-order valence-corrected chi connectivity index (χ0v) is 12.8. The fraction of sp³-hybridized carbons (Fsp3) is 0.0714. The first kappa shape index (κ1) is 14.6. The lowest BCUT2D eigenvalue weighted by molar-refractivity contribution is -0.384. The van der Waals surface area contributed by atoms with Crippen molar-refractivity contribution in [3.05, 3.63) is 56.8 Å². The molecule has 2 aromatic heterocycles. The Hall–Kier alpha value is -2.31. The Labute approximate surface area is 135 Å². The van der Waals surface area contributed by atoms with Crippen LogP contribution < -0.4 is 4.74 Å². The van der Waals surface area contributed by atoms with Gasteiger partial charge in [-0.05, 0) is 12.1 Å². The number of fused-ring (bicyclic) bond motifs is 1. The zero-order valence-electron chi connectivity index (χ0n) is 11.3. The molecule has 0 bridgehead atoms. The van der Waals surface area contributed by atoms with Gasteiger partial charge in [0.05, 0.1) is 34.0 Å². The normalized spacial score (nSPS) is 10.9. The van der Waals surface area contributed by atoms with E-state index in [-0.39, 0.29) is 15.7 Å². The second kappa shape index (κ2) is 5.47. The highest BCUT2D eigenvalue weighted by molar-refractivity contribution is 6.38. The summed E-state index contributed by atoms with van der Waals surface area (Å²) in [6.07, 6.45) is 3.32. The Morgan fingerprint density at radius 3 is 2.55 bits per heavy atom. The monoisotopic (exact) mass is 337 g/mol. The highest BCUT2D eigenvalue weighted by Crippen LogP contribution is 2.35. The van der Waals surface area contributed by atoms with Crippen LogP contribution in [0.5, 0.6) is 5.75 Å². The number of non-ortho nitro benzene ring substituents is 1. The number of hydrogen-bond acceptors (Lipinski definition) is 4. The summed E-state index contributed by atoms with van der Waals surface area (Å²) >= 11 is 12.3. The predicted molar refractivity (Wildman–Crippen MR) is 84.3 cm³/mol. The Morgan fingerprint density at radius 1 is 1.27 bits per heavy atom. The second-order valence-corrected chi connectivity index (χ2v) is 5.30. The lowest BCUT2D eigenvalue weighted by Crippen LogP contribution is -1.98. The van der Waals surface area contributed by atoms with Gasteiger partial charge in [-0.15, -0.1) is 0 Å². The molecule has 0 fully saturated rings. The number of nitro benzene ring substituents is 1. The van der Waals surface area contributed by atoms with Crippen LogP contribution >= 0.6 is 23.2 Å². The van der Waals surface area contributed by atoms with Crippen molar-refractivity contribution in [3.8, 4) is 11.4 Å². The maximum absolute atomic E-state index is 10.8. The largest absolute Gasteiger partial charge is 0.495 e. The van der Waals surface area contributed by atoms with Crippen molar-refractivity contribution in [2.75, 3.05) is 7.11 Å². The van der Waals surface area contributed by atoms with Gasteiger partial charge in [0.2, 0.25) is 0 Å². The topological polar surface area (TPSA) is 70.2 Å². The van der Waals surface area contributed by atoms with E-state index in [2.05, 4.69) is 4.98 Å². The molecule has 0 amide bonds. The third kappa shape index (κ3) is 2.36. The Bertz CT molecular complexity index is 869. The van der Waals surface area contributed by atoms with E-state index in [1.54, 1.807) is 24.1 Å². The van der Waals surface area contributed by atoms with Crippen molar-refractivity contribution in [2.24, 2.45) is 0 Å². The van der Waals surface area contributed by atoms with E-state index < -0.39 is 4.92 Å². The minimum atomic E-state index is -0.543. The number of pyridine rings is 1. The summed E-state index contributed by atoms with van der Waals surface area (Å²) in [4.78, 5) is 14.6. The molecule has 0 saturated heterocycles. The Balaban J connectivity index is 2.21. The molecule has 0 spiro atoms. The van der Waals surface area contributed by atoms with Crippen LogP contribution in [0.25, 0.3) is 16.7 Å². The molecular weight excluding hydrogens is 329 g/mol. The van der Waals surface area contributed by atoms with Crippen LogP contribution in [0, 0.1) is 10.1 Å². The van der Waals surface area contributed by atoms with Crippen LogP contribution in [-0.4, -0.2) is 21.6 Å². The number of aromatic nitrogens is 2. The number of rotatable bonds is 3. The first-order valence-electron chi connectivity index (χ1n) is 6.16. The highest BCUT2D eigenvalue weighted by Gasteiger charge is 2.17. The maximum atomic E-state index is 10.8. The third-order valence-electron chi connectivity index (χ3n) is 3.19. The fourth-order valence-electron chi connectivity index (χ4n) is 2.18. The van der Waals surface area contributed by atoms with Crippen LogP contribution in [0.2, 0.25) is 10.0 Å². The first-order chi connectivity index (χ1) is 10.5. The Kier molecular flexibility index (Phi) is 3.64. The van der Waals surface area contributed by atoms with Gasteiger partial charge in [-0.1, -0.05) is 23.2 Å².